The number of thiazole rings is 1. The molecule has 0 bridgehead atoms. The van der Waals surface area contributed by atoms with Crippen molar-refractivity contribution >= 4 is 72.3 Å². The first-order chi connectivity index (χ1) is 18.3. The number of amides is 1. The van der Waals surface area contributed by atoms with Crippen LogP contribution in [0.3, 0.4) is 0 Å². The number of benzene rings is 3. The lowest BCUT2D eigenvalue weighted by atomic mass is 10.1. The summed E-state index contributed by atoms with van der Waals surface area (Å²) in [7, 11) is -3.87. The van der Waals surface area contributed by atoms with Crippen LogP contribution < -0.4 is 14.9 Å². The fourth-order valence-electron chi connectivity index (χ4n) is 4.33. The topological polar surface area (TPSA) is 94.6 Å². The molecule has 0 atom stereocenters. The van der Waals surface area contributed by atoms with Crippen molar-refractivity contribution in [3.8, 4) is 0 Å². The maximum absolute atomic E-state index is 12.9. The van der Waals surface area contributed by atoms with Gasteiger partial charge < -0.3 is 10.2 Å². The third-order valence-corrected chi connectivity index (χ3v) is 9.14. The van der Waals surface area contributed by atoms with E-state index in [1.54, 1.807) is 35.6 Å². The molecule has 2 heterocycles. The zero-order chi connectivity index (χ0) is 26.7. The maximum Gasteiger partial charge on any atom is 0.261 e. The van der Waals surface area contributed by atoms with Gasteiger partial charge in [-0.2, -0.15) is 0 Å². The van der Waals surface area contributed by atoms with Crippen LogP contribution in [-0.4, -0.2) is 63.5 Å². The average molecular weight is 607 g/mol. The van der Waals surface area contributed by atoms with Crippen LogP contribution in [0.2, 0.25) is 5.02 Å². The molecule has 0 radical (unpaired) electrons. The number of nitrogens with zero attached hydrogens (tertiary/aromatic N) is 3. The summed E-state index contributed by atoms with van der Waals surface area (Å²) in [6.07, 6.45) is 0. The summed E-state index contributed by atoms with van der Waals surface area (Å²) >= 11 is 7.60. The first kappa shape index (κ1) is 29.1. The molecule has 3 aromatic carbocycles. The van der Waals surface area contributed by atoms with Gasteiger partial charge in [0.15, 0.2) is 5.13 Å². The van der Waals surface area contributed by atoms with Crippen LogP contribution in [0.4, 0.5) is 10.8 Å². The van der Waals surface area contributed by atoms with Crippen molar-refractivity contribution in [1.29, 1.82) is 0 Å². The second kappa shape index (κ2) is 12.5. The number of carbonyl (C=O) groups is 1. The molecule has 206 valence electrons. The van der Waals surface area contributed by atoms with Crippen LogP contribution in [0, 0.1) is 6.92 Å². The smallest absolute Gasteiger partial charge is 0.261 e. The molecular weight excluding hydrogens is 577 g/mol. The summed E-state index contributed by atoms with van der Waals surface area (Å²) in [4.78, 5) is 22.4. The fraction of sp³-hybridized carbons (Fsp3) is 0.259. The highest BCUT2D eigenvalue weighted by Crippen LogP contribution is 2.30. The summed E-state index contributed by atoms with van der Waals surface area (Å²) in [5.74, 6) is -0.331. The van der Waals surface area contributed by atoms with Gasteiger partial charge in [-0.1, -0.05) is 41.1 Å². The normalized spacial score (nSPS) is 14.2. The maximum atomic E-state index is 12.9. The zero-order valence-corrected chi connectivity index (χ0v) is 24.5. The Bertz CT molecular complexity index is 1550. The Hall–Kier alpha value is -2.89. The minimum absolute atomic E-state index is 0. The number of aromatic nitrogens is 1. The van der Waals surface area contributed by atoms with Gasteiger partial charge in [0.2, 0.25) is 0 Å². The highest BCUT2D eigenvalue weighted by molar-refractivity contribution is 7.92. The predicted molar refractivity (Wildman–Crippen MR) is 161 cm³/mol. The summed E-state index contributed by atoms with van der Waals surface area (Å²) in [6, 6.07) is 18.8. The lowest BCUT2D eigenvalue weighted by Gasteiger charge is -2.34. The Morgan fingerprint density at radius 1 is 1.03 bits per heavy atom. The Balaban J connectivity index is 0.00000353. The summed E-state index contributed by atoms with van der Waals surface area (Å²) in [6.45, 7) is 6.76. The first-order valence-corrected chi connectivity index (χ1v) is 15.0. The molecule has 4 aromatic rings. The van der Waals surface area contributed by atoms with Crippen LogP contribution in [0.25, 0.3) is 10.2 Å². The van der Waals surface area contributed by atoms with Crippen LogP contribution in [-0.2, 0) is 10.0 Å². The van der Waals surface area contributed by atoms with Gasteiger partial charge in [-0.15, -0.1) is 12.4 Å². The number of fused-ring (bicyclic) bond motifs is 1. The Kier molecular flexibility index (Phi) is 9.35. The lowest BCUT2D eigenvalue weighted by molar-refractivity contribution is 0.0948. The Morgan fingerprint density at radius 2 is 1.74 bits per heavy atom. The molecule has 1 aromatic heterocycles. The Labute approximate surface area is 243 Å². The van der Waals surface area contributed by atoms with Crippen molar-refractivity contribution in [2.24, 2.45) is 0 Å². The molecule has 1 amide bonds. The molecule has 1 aliphatic heterocycles. The highest BCUT2D eigenvalue weighted by atomic mass is 35.5. The van der Waals surface area contributed by atoms with E-state index >= 15 is 0 Å². The van der Waals surface area contributed by atoms with Gasteiger partial charge in [0.25, 0.3) is 15.9 Å². The number of nitrogens with one attached hydrogen (secondary N) is 2. The van der Waals surface area contributed by atoms with E-state index in [9.17, 15) is 13.2 Å². The van der Waals surface area contributed by atoms with Crippen molar-refractivity contribution in [2.75, 3.05) is 48.9 Å². The van der Waals surface area contributed by atoms with Gasteiger partial charge in [-0.05, 0) is 61.0 Å². The molecule has 5 rings (SSSR count). The number of aryl methyl sites for hydroxylation is 1. The zero-order valence-electron chi connectivity index (χ0n) is 21.3. The number of anilines is 2. The van der Waals surface area contributed by atoms with Gasteiger partial charge in [0.05, 0.1) is 26.4 Å². The van der Waals surface area contributed by atoms with E-state index in [0.717, 1.165) is 36.8 Å². The van der Waals surface area contributed by atoms with Gasteiger partial charge in [-0.25, -0.2) is 13.4 Å². The molecule has 1 fully saturated rings. The van der Waals surface area contributed by atoms with E-state index in [1.165, 1.54) is 34.5 Å². The van der Waals surface area contributed by atoms with Crippen molar-refractivity contribution in [2.45, 2.75) is 11.8 Å². The summed E-state index contributed by atoms with van der Waals surface area (Å²) in [5.41, 5.74) is 2.76. The fourth-order valence-corrected chi connectivity index (χ4v) is 6.65. The van der Waals surface area contributed by atoms with Crippen molar-refractivity contribution in [3.63, 3.8) is 0 Å². The predicted octanol–water partition coefficient (Wildman–Crippen LogP) is 5.03. The molecule has 1 saturated heterocycles. The van der Waals surface area contributed by atoms with E-state index in [1.807, 2.05) is 0 Å². The minimum Gasteiger partial charge on any atom is -0.351 e. The molecule has 39 heavy (non-hydrogen) atoms. The number of halogens is 2. The van der Waals surface area contributed by atoms with Crippen molar-refractivity contribution in [1.82, 2.24) is 15.2 Å². The van der Waals surface area contributed by atoms with Crippen LogP contribution >= 0.6 is 35.3 Å². The summed E-state index contributed by atoms with van der Waals surface area (Å²) in [5, 5.41) is 4.42. The second-order valence-electron chi connectivity index (χ2n) is 9.16. The molecule has 0 unspecified atom stereocenters. The number of rotatable bonds is 8. The van der Waals surface area contributed by atoms with E-state index < -0.39 is 10.0 Å². The van der Waals surface area contributed by atoms with E-state index in [2.05, 4.69) is 45.0 Å². The largest absolute Gasteiger partial charge is 0.351 e. The third kappa shape index (κ3) is 7.01. The molecule has 0 aliphatic carbocycles. The SMILES string of the molecule is Cc1ccc2nc(N3CCN(CCNC(=O)c4ccccc4NS(=O)(=O)c4ccc(Cl)cc4)CC3)sc2c1.Cl. The average Bonchev–Trinajstić information content (AvgIpc) is 3.32. The number of para-hydroxylation sites is 1. The van der Waals surface area contributed by atoms with Crippen LogP contribution in [0.1, 0.15) is 15.9 Å². The van der Waals surface area contributed by atoms with E-state index in [0.29, 0.717) is 18.1 Å². The number of hydrogen-bond acceptors (Lipinski definition) is 7. The van der Waals surface area contributed by atoms with E-state index in [4.69, 9.17) is 16.6 Å². The molecule has 1 aliphatic rings. The van der Waals surface area contributed by atoms with Gasteiger partial charge >= 0.3 is 0 Å². The highest BCUT2D eigenvalue weighted by Gasteiger charge is 2.21. The molecule has 0 saturated carbocycles. The molecule has 12 heteroatoms. The molecule has 2 N–H and O–H groups in total. The van der Waals surface area contributed by atoms with Crippen molar-refractivity contribution in [3.05, 3.63) is 82.9 Å². The first-order valence-electron chi connectivity index (χ1n) is 12.3. The summed E-state index contributed by atoms with van der Waals surface area (Å²) < 4.78 is 29.3. The number of carbonyl (C=O) groups excluding carboxylic acids is 1. The molecule has 8 nitrogen and oxygen atoms in total. The lowest BCUT2D eigenvalue weighted by Crippen LogP contribution is -2.48. The standard InChI is InChI=1S/C27H28ClN5O3S2.ClH/c1-19-6-11-24-25(18-19)37-27(30-24)33-16-14-32(15-17-33)13-12-29-26(34)22-4-2-3-5-23(22)31-38(35,36)21-9-7-20(28)8-10-21;/h2-11,18,31H,12-17H2,1H3,(H,29,34);1H. The second-order valence-corrected chi connectivity index (χ2v) is 12.3. The van der Waals surface area contributed by atoms with Crippen LogP contribution in [0.5, 0.6) is 0 Å². The number of sulfonamides is 1. The monoisotopic (exact) mass is 605 g/mol. The van der Waals surface area contributed by atoms with E-state index in [-0.39, 0.29) is 34.5 Å². The van der Waals surface area contributed by atoms with Gasteiger partial charge in [-0.3, -0.25) is 14.4 Å². The van der Waals surface area contributed by atoms with Gasteiger partial charge in [0.1, 0.15) is 0 Å². The van der Waals surface area contributed by atoms with Gasteiger partial charge in [0, 0.05) is 44.3 Å². The Morgan fingerprint density at radius 3 is 2.49 bits per heavy atom. The number of hydrogen-bond donors (Lipinski definition) is 2. The molecule has 0 spiro atoms. The minimum atomic E-state index is -3.87. The van der Waals surface area contributed by atoms with Crippen molar-refractivity contribution < 1.29 is 13.2 Å². The molecular formula is C27H29Cl2N5O3S2. The number of piperazine rings is 1. The third-order valence-electron chi connectivity index (χ3n) is 6.43. The van der Waals surface area contributed by atoms with Crippen LogP contribution in [0.15, 0.2) is 71.6 Å². The quantitative estimate of drug-likeness (QED) is 0.292.